The molecular weight excluding hydrogens is 249 g/mol. The first kappa shape index (κ1) is 13.3. The summed E-state index contributed by atoms with van der Waals surface area (Å²) in [6, 6.07) is 16.0. The van der Waals surface area contributed by atoms with Crippen molar-refractivity contribution in [2.24, 2.45) is 5.92 Å². The van der Waals surface area contributed by atoms with Crippen molar-refractivity contribution in [2.45, 2.75) is 25.8 Å². The maximum atomic E-state index is 13.3. The lowest BCUT2D eigenvalue weighted by molar-refractivity contribution is 0.393. The van der Waals surface area contributed by atoms with Gasteiger partial charge in [0.25, 0.3) is 0 Å². The second kappa shape index (κ2) is 5.76. The quantitative estimate of drug-likeness (QED) is 0.888. The largest absolute Gasteiger partial charge is 0.310 e. The van der Waals surface area contributed by atoms with Crippen LogP contribution in [0.1, 0.15) is 29.7 Å². The van der Waals surface area contributed by atoms with Crippen LogP contribution in [0, 0.1) is 11.7 Å². The predicted octanol–water partition coefficient (Wildman–Crippen LogP) is 3.89. The van der Waals surface area contributed by atoms with Gasteiger partial charge in [0.05, 0.1) is 0 Å². The van der Waals surface area contributed by atoms with Crippen molar-refractivity contribution in [1.82, 2.24) is 5.32 Å². The molecule has 0 spiro atoms. The Bertz CT molecular complexity index is 593. The molecule has 20 heavy (non-hydrogen) atoms. The molecule has 0 radical (unpaired) electrons. The van der Waals surface area contributed by atoms with Crippen LogP contribution in [0.4, 0.5) is 4.39 Å². The van der Waals surface area contributed by atoms with Crippen molar-refractivity contribution in [3.8, 4) is 0 Å². The van der Waals surface area contributed by atoms with E-state index in [4.69, 9.17) is 0 Å². The van der Waals surface area contributed by atoms with Gasteiger partial charge < -0.3 is 5.32 Å². The summed E-state index contributed by atoms with van der Waals surface area (Å²) >= 11 is 0. The first-order valence-corrected chi connectivity index (χ1v) is 7.33. The minimum Gasteiger partial charge on any atom is -0.310 e. The highest BCUT2D eigenvalue weighted by Crippen LogP contribution is 2.37. The first-order valence-electron chi connectivity index (χ1n) is 7.33. The number of hydrogen-bond donors (Lipinski definition) is 1. The second-order valence-electron chi connectivity index (χ2n) is 5.53. The highest BCUT2D eigenvalue weighted by Gasteiger charge is 2.31. The molecule has 0 saturated heterocycles. The molecule has 3 rings (SSSR count). The lowest BCUT2D eigenvalue weighted by Crippen LogP contribution is -2.26. The summed E-state index contributed by atoms with van der Waals surface area (Å²) in [4.78, 5) is 0. The van der Waals surface area contributed by atoms with E-state index in [2.05, 4.69) is 36.5 Å². The van der Waals surface area contributed by atoms with Crippen LogP contribution in [0.15, 0.2) is 48.5 Å². The van der Waals surface area contributed by atoms with Crippen LogP contribution in [0.25, 0.3) is 0 Å². The Labute approximate surface area is 119 Å². The summed E-state index contributed by atoms with van der Waals surface area (Å²) < 4.78 is 13.3. The summed E-state index contributed by atoms with van der Waals surface area (Å²) in [5.74, 6) is 0.368. The Morgan fingerprint density at radius 1 is 1.15 bits per heavy atom. The number of benzene rings is 2. The van der Waals surface area contributed by atoms with Crippen molar-refractivity contribution < 1.29 is 4.39 Å². The summed E-state index contributed by atoms with van der Waals surface area (Å²) in [6.45, 7) is 3.10. The maximum Gasteiger partial charge on any atom is 0.123 e. The van der Waals surface area contributed by atoms with Crippen molar-refractivity contribution in [2.75, 3.05) is 6.54 Å². The third-order valence-electron chi connectivity index (χ3n) is 4.15. The van der Waals surface area contributed by atoms with Gasteiger partial charge in [-0.05, 0) is 54.1 Å². The molecule has 2 unspecified atom stereocenters. The molecule has 1 aliphatic carbocycles. The van der Waals surface area contributed by atoms with E-state index in [1.165, 1.54) is 17.2 Å². The summed E-state index contributed by atoms with van der Waals surface area (Å²) in [6.07, 6.45) is 1.99. The Kier molecular flexibility index (Phi) is 3.83. The zero-order valence-electron chi connectivity index (χ0n) is 11.8. The normalized spacial score (nSPS) is 20.9. The molecule has 0 aliphatic heterocycles. The average Bonchev–Trinajstić information content (AvgIpc) is 2.77. The Morgan fingerprint density at radius 2 is 2.00 bits per heavy atom. The fraction of sp³-hybridized carbons (Fsp3) is 0.333. The fourth-order valence-corrected chi connectivity index (χ4v) is 3.33. The molecule has 0 bridgehead atoms. The van der Waals surface area contributed by atoms with E-state index in [9.17, 15) is 4.39 Å². The number of fused-ring (bicyclic) bond motifs is 1. The average molecular weight is 269 g/mol. The van der Waals surface area contributed by atoms with Gasteiger partial charge in [0.15, 0.2) is 0 Å². The van der Waals surface area contributed by atoms with Crippen LogP contribution >= 0.6 is 0 Å². The Morgan fingerprint density at radius 3 is 2.80 bits per heavy atom. The standard InChI is InChI=1S/C18H20FN/c1-2-20-18-15(10-13-6-5-8-16(19)11-13)12-14-7-3-4-9-17(14)18/h3-9,11,15,18,20H,2,10,12H2,1H3. The van der Waals surface area contributed by atoms with Crippen LogP contribution in [-0.2, 0) is 12.8 Å². The highest BCUT2D eigenvalue weighted by molar-refractivity contribution is 5.36. The number of halogens is 1. The van der Waals surface area contributed by atoms with Crippen molar-refractivity contribution in [1.29, 1.82) is 0 Å². The highest BCUT2D eigenvalue weighted by atomic mass is 19.1. The van der Waals surface area contributed by atoms with Gasteiger partial charge in [0.2, 0.25) is 0 Å². The van der Waals surface area contributed by atoms with Gasteiger partial charge in [-0.25, -0.2) is 4.39 Å². The zero-order chi connectivity index (χ0) is 13.9. The van der Waals surface area contributed by atoms with Crippen LogP contribution in [-0.4, -0.2) is 6.54 Å². The monoisotopic (exact) mass is 269 g/mol. The van der Waals surface area contributed by atoms with Gasteiger partial charge in [0.1, 0.15) is 5.82 Å². The second-order valence-corrected chi connectivity index (χ2v) is 5.53. The van der Waals surface area contributed by atoms with Crippen LogP contribution < -0.4 is 5.32 Å². The molecule has 0 heterocycles. The third kappa shape index (κ3) is 2.61. The SMILES string of the molecule is CCNC1c2ccccc2CC1Cc1cccc(F)c1. The summed E-state index contributed by atoms with van der Waals surface area (Å²) in [5.41, 5.74) is 3.93. The zero-order valence-corrected chi connectivity index (χ0v) is 11.8. The van der Waals surface area contributed by atoms with Crippen LogP contribution in [0.3, 0.4) is 0 Å². The van der Waals surface area contributed by atoms with E-state index in [0.29, 0.717) is 12.0 Å². The fourth-order valence-electron chi connectivity index (χ4n) is 3.33. The van der Waals surface area contributed by atoms with Gasteiger partial charge in [-0.3, -0.25) is 0 Å². The van der Waals surface area contributed by atoms with Gasteiger partial charge in [-0.2, -0.15) is 0 Å². The predicted molar refractivity (Wildman–Crippen MR) is 80.2 cm³/mol. The van der Waals surface area contributed by atoms with Gasteiger partial charge in [-0.15, -0.1) is 0 Å². The molecule has 0 aromatic heterocycles. The lowest BCUT2D eigenvalue weighted by Gasteiger charge is -2.21. The topological polar surface area (TPSA) is 12.0 Å². The minimum absolute atomic E-state index is 0.141. The number of hydrogen-bond acceptors (Lipinski definition) is 1. The van der Waals surface area contributed by atoms with E-state index in [1.54, 1.807) is 12.1 Å². The Hall–Kier alpha value is -1.67. The first-order chi connectivity index (χ1) is 9.78. The Balaban J connectivity index is 1.83. The smallest absolute Gasteiger partial charge is 0.123 e. The van der Waals surface area contributed by atoms with E-state index in [1.807, 2.05) is 6.07 Å². The molecule has 0 fully saturated rings. The maximum absolute atomic E-state index is 13.3. The molecule has 2 heteroatoms. The van der Waals surface area contributed by atoms with Crippen molar-refractivity contribution >= 4 is 0 Å². The lowest BCUT2D eigenvalue weighted by atomic mass is 9.92. The number of rotatable bonds is 4. The molecule has 1 nitrogen and oxygen atoms in total. The molecule has 2 aromatic carbocycles. The van der Waals surface area contributed by atoms with E-state index < -0.39 is 0 Å². The van der Waals surface area contributed by atoms with E-state index in [-0.39, 0.29) is 5.82 Å². The summed E-state index contributed by atoms with van der Waals surface area (Å²) in [5, 5.41) is 3.59. The molecule has 0 amide bonds. The third-order valence-corrected chi connectivity index (χ3v) is 4.15. The molecule has 2 atom stereocenters. The molecule has 1 aliphatic rings. The van der Waals surface area contributed by atoms with E-state index >= 15 is 0 Å². The molecule has 2 aromatic rings. The molecule has 0 saturated carbocycles. The molecular formula is C18H20FN. The minimum atomic E-state index is -0.141. The van der Waals surface area contributed by atoms with Gasteiger partial charge in [-0.1, -0.05) is 43.3 Å². The van der Waals surface area contributed by atoms with Crippen molar-refractivity contribution in [3.63, 3.8) is 0 Å². The van der Waals surface area contributed by atoms with Crippen molar-refractivity contribution in [3.05, 3.63) is 71.0 Å². The van der Waals surface area contributed by atoms with Gasteiger partial charge >= 0.3 is 0 Å². The van der Waals surface area contributed by atoms with E-state index in [0.717, 1.165) is 24.9 Å². The molecule has 1 N–H and O–H groups in total. The number of nitrogens with one attached hydrogen (secondary N) is 1. The van der Waals surface area contributed by atoms with Crippen LogP contribution in [0.5, 0.6) is 0 Å². The van der Waals surface area contributed by atoms with Crippen LogP contribution in [0.2, 0.25) is 0 Å². The summed E-state index contributed by atoms with van der Waals surface area (Å²) in [7, 11) is 0. The van der Waals surface area contributed by atoms with Gasteiger partial charge in [0, 0.05) is 6.04 Å². The molecule has 104 valence electrons.